The Kier molecular flexibility index (Phi) is 16.1. The molecule has 0 fully saturated rings. The summed E-state index contributed by atoms with van der Waals surface area (Å²) in [7, 11) is -16.6. The molecule has 2 aromatic carbocycles. The molecule has 2 unspecified atom stereocenters. The third-order valence-corrected chi connectivity index (χ3v) is 14.1. The van der Waals surface area contributed by atoms with Crippen LogP contribution in [0.2, 0.25) is 0 Å². The van der Waals surface area contributed by atoms with Crippen LogP contribution < -0.4 is 4.90 Å². The van der Waals surface area contributed by atoms with Gasteiger partial charge in [0.1, 0.15) is 6.54 Å². The zero-order chi connectivity index (χ0) is 44.7. The zero-order valence-corrected chi connectivity index (χ0v) is 36.8. The molecule has 0 aromatic heterocycles. The predicted octanol–water partition coefficient (Wildman–Crippen LogP) is 4.40. The van der Waals surface area contributed by atoms with E-state index in [0.29, 0.717) is 72.7 Å². The van der Waals surface area contributed by atoms with Crippen molar-refractivity contribution in [2.24, 2.45) is 0 Å². The van der Waals surface area contributed by atoms with Gasteiger partial charge in [0, 0.05) is 67.6 Å². The van der Waals surface area contributed by atoms with Crippen molar-refractivity contribution in [2.45, 2.75) is 85.8 Å². The highest BCUT2D eigenvalue weighted by atomic mass is 32.2. The summed E-state index contributed by atoms with van der Waals surface area (Å²) < 4.78 is 148. The van der Waals surface area contributed by atoms with Gasteiger partial charge in [-0.1, -0.05) is 12.5 Å². The average molecular weight is 922 g/mol. The summed E-state index contributed by atoms with van der Waals surface area (Å²) in [5.74, 6) is -2.17. The molecule has 0 radical (unpaired) electrons. The maximum Gasteiger partial charge on any atom is 0.303 e. The number of carboxylic acids is 1. The Balaban J connectivity index is 1.93. The Bertz CT molecular complexity index is 2470. The lowest BCUT2D eigenvalue weighted by Gasteiger charge is -2.30. The standard InChI is InChI=1S/C38H52N2O16S4/c1-37(17-8-24-57(43,44)45)30-26-28(59(49,50)51)13-15-32(30)40(20-9-25-58(46,47)48)34(37)10-7-11-35-38(2,18-21-56-23-22-55-3)31-27-29(60(52,53)54)14-16-33(31)39(35)19-6-4-5-12-36(41)42/h7,10-11,13-16,26-27H,4-6,8-9,12,17-25H2,1-3H3,(H4-,41,42,43,44,45,46,47,48,49,50,51,52,53,54)/p+1. The number of methoxy groups -OCH3 is 1. The summed E-state index contributed by atoms with van der Waals surface area (Å²) in [4.78, 5) is 12.4. The number of carboxylic acid groups (broad SMARTS) is 1. The fourth-order valence-corrected chi connectivity index (χ4v) is 9.90. The highest BCUT2D eigenvalue weighted by Gasteiger charge is 2.48. The second-order valence-corrected chi connectivity index (χ2v) is 21.1. The fourth-order valence-electron chi connectivity index (χ4n) is 7.88. The van der Waals surface area contributed by atoms with E-state index >= 15 is 0 Å². The second-order valence-electron chi connectivity index (χ2n) is 15.2. The average Bonchev–Trinajstić information content (AvgIpc) is 3.49. The van der Waals surface area contributed by atoms with Gasteiger partial charge >= 0.3 is 5.97 Å². The van der Waals surface area contributed by atoms with Crippen LogP contribution in [0.1, 0.15) is 76.3 Å². The van der Waals surface area contributed by atoms with Crippen LogP contribution in [0.4, 0.5) is 11.4 Å². The van der Waals surface area contributed by atoms with Crippen LogP contribution >= 0.6 is 0 Å². The van der Waals surface area contributed by atoms with Gasteiger partial charge in [-0.3, -0.25) is 23.0 Å². The Labute approximate surface area is 351 Å². The molecular weight excluding hydrogens is 869 g/mol. The smallest absolute Gasteiger partial charge is 0.303 e. The highest BCUT2D eigenvalue weighted by Crippen LogP contribution is 2.51. The number of anilines is 1. The van der Waals surface area contributed by atoms with E-state index in [4.69, 9.17) is 9.47 Å². The number of nitrogens with zero attached hydrogens (tertiary/aromatic N) is 2. The quantitative estimate of drug-likeness (QED) is 0.0554. The maximum absolute atomic E-state index is 12.4. The lowest BCUT2D eigenvalue weighted by atomic mass is 9.75. The number of aliphatic carboxylic acids is 1. The van der Waals surface area contributed by atoms with Crippen molar-refractivity contribution >= 4 is 63.5 Å². The molecule has 2 heterocycles. The van der Waals surface area contributed by atoms with Gasteiger partial charge in [0.2, 0.25) is 5.69 Å². The monoisotopic (exact) mass is 921 g/mol. The summed E-state index contributed by atoms with van der Waals surface area (Å²) in [6.07, 6.45) is 6.84. The lowest BCUT2D eigenvalue weighted by Crippen LogP contribution is -2.32. The number of rotatable bonds is 24. The molecule has 0 aliphatic carbocycles. The van der Waals surface area contributed by atoms with E-state index in [2.05, 4.69) is 0 Å². The molecular formula is C38H53N2O16S4+. The molecule has 2 aromatic rings. The normalized spacial score (nSPS) is 20.4. The fraction of sp³-hybridized carbons (Fsp3) is 0.526. The number of unbranched alkanes of at least 4 members (excludes halogenated alkanes) is 2. The minimum absolute atomic E-state index is 0.00894. The van der Waals surface area contributed by atoms with Gasteiger partial charge in [-0.2, -0.15) is 38.2 Å². The minimum atomic E-state index is -4.71. The summed E-state index contributed by atoms with van der Waals surface area (Å²) in [5.41, 5.74) is 0.978. The molecule has 18 nitrogen and oxygen atoms in total. The van der Waals surface area contributed by atoms with Crippen molar-refractivity contribution < 1.29 is 75.8 Å². The third kappa shape index (κ3) is 12.5. The van der Waals surface area contributed by atoms with Gasteiger partial charge in [0.05, 0.1) is 39.9 Å². The first-order valence-corrected chi connectivity index (χ1v) is 25.2. The van der Waals surface area contributed by atoms with Crippen LogP contribution in [-0.4, -0.2) is 125 Å². The Hall–Kier alpha value is -3.58. The number of benzene rings is 2. The van der Waals surface area contributed by atoms with Crippen molar-refractivity contribution in [3.8, 4) is 0 Å². The molecule has 4 rings (SSSR count). The molecule has 0 saturated heterocycles. The van der Waals surface area contributed by atoms with Crippen LogP contribution in [0, 0.1) is 0 Å². The number of fused-ring (bicyclic) bond motifs is 2. The second kappa shape index (κ2) is 19.6. The van der Waals surface area contributed by atoms with Gasteiger partial charge in [-0.05, 0) is 87.9 Å². The first-order chi connectivity index (χ1) is 27.8. The number of hydrogen-bond donors (Lipinski definition) is 5. The molecule has 0 spiro atoms. The van der Waals surface area contributed by atoms with Gasteiger partial charge in [-0.15, -0.1) is 0 Å². The van der Waals surface area contributed by atoms with Gasteiger partial charge in [-0.25, -0.2) is 0 Å². The lowest BCUT2D eigenvalue weighted by molar-refractivity contribution is -0.437. The zero-order valence-electron chi connectivity index (χ0n) is 33.6. The molecule has 22 heteroatoms. The van der Waals surface area contributed by atoms with Gasteiger partial charge in [0.15, 0.2) is 5.71 Å². The third-order valence-electron chi connectivity index (χ3n) is 10.8. The van der Waals surface area contributed by atoms with E-state index in [9.17, 15) is 61.8 Å². The number of hydrogen-bond acceptors (Lipinski definition) is 12. The predicted molar refractivity (Wildman–Crippen MR) is 222 cm³/mol. The minimum Gasteiger partial charge on any atom is -0.481 e. The summed E-state index contributed by atoms with van der Waals surface area (Å²) >= 11 is 0. The van der Waals surface area contributed by atoms with Crippen LogP contribution in [-0.2, 0) is 65.6 Å². The van der Waals surface area contributed by atoms with Crippen LogP contribution in [0.15, 0.2) is 70.1 Å². The first kappa shape index (κ1) is 49.1. The van der Waals surface area contributed by atoms with E-state index in [0.717, 1.165) is 0 Å². The number of ether oxygens (including phenoxy) is 2. The molecule has 0 saturated carbocycles. The molecule has 2 atom stereocenters. The van der Waals surface area contributed by atoms with Gasteiger partial charge in [0.25, 0.3) is 40.5 Å². The molecule has 334 valence electrons. The van der Waals surface area contributed by atoms with Crippen LogP contribution in [0.3, 0.4) is 0 Å². The largest absolute Gasteiger partial charge is 0.481 e. The number of allylic oxidation sites excluding steroid dienone is 4. The van der Waals surface area contributed by atoms with Crippen molar-refractivity contribution in [3.63, 3.8) is 0 Å². The summed E-state index contributed by atoms with van der Waals surface area (Å²) in [6, 6.07) is 8.12. The first-order valence-electron chi connectivity index (χ1n) is 19.1. The number of carbonyl (C=O) groups is 1. The molecule has 0 bridgehead atoms. The molecule has 0 amide bonds. The molecule has 2 aliphatic rings. The molecule has 2 aliphatic heterocycles. The Morgan fingerprint density at radius 2 is 1.37 bits per heavy atom. The van der Waals surface area contributed by atoms with E-state index < -0.39 is 73.7 Å². The Morgan fingerprint density at radius 1 is 0.750 bits per heavy atom. The summed E-state index contributed by atoms with van der Waals surface area (Å²) in [6.45, 7) is 4.78. The van der Waals surface area contributed by atoms with Crippen LogP contribution in [0.5, 0.6) is 0 Å². The van der Waals surface area contributed by atoms with Crippen molar-refractivity contribution in [1.29, 1.82) is 0 Å². The molecule has 5 N–H and O–H groups in total. The van der Waals surface area contributed by atoms with E-state index in [1.54, 1.807) is 35.8 Å². The van der Waals surface area contributed by atoms with Crippen molar-refractivity contribution in [2.75, 3.05) is 56.4 Å². The van der Waals surface area contributed by atoms with Crippen molar-refractivity contribution in [1.82, 2.24) is 0 Å². The topological polar surface area (TPSA) is 279 Å². The SMILES string of the molecule is COCCOCCC1(C)C(=CC=CC2=[N+](CCCS(=O)(=O)O)c3ccc(S(=O)(=O)O)cc3C2(C)CCCS(=O)(=O)O)N(CCCCCC(=O)O)c2ccc(S(=O)(=O)O)cc21. The van der Waals surface area contributed by atoms with Crippen molar-refractivity contribution in [3.05, 3.63) is 71.5 Å². The van der Waals surface area contributed by atoms with Crippen LogP contribution in [0.25, 0.3) is 0 Å². The summed E-state index contributed by atoms with van der Waals surface area (Å²) in [5, 5.41) is 9.17. The van der Waals surface area contributed by atoms with Gasteiger partial charge < -0.3 is 19.5 Å². The Morgan fingerprint density at radius 3 is 1.97 bits per heavy atom. The van der Waals surface area contributed by atoms with E-state index in [1.165, 1.54) is 37.4 Å². The van der Waals surface area contributed by atoms with E-state index in [-0.39, 0.29) is 50.3 Å². The van der Waals surface area contributed by atoms with E-state index in [1.807, 2.05) is 11.8 Å². The molecule has 60 heavy (non-hydrogen) atoms. The highest BCUT2D eigenvalue weighted by molar-refractivity contribution is 7.86. The maximum atomic E-state index is 12.4.